The van der Waals surface area contributed by atoms with Gasteiger partial charge in [-0.05, 0) is 69.4 Å². The van der Waals surface area contributed by atoms with Crippen LogP contribution in [-0.4, -0.2) is 70.9 Å². The first-order chi connectivity index (χ1) is 22.1. The van der Waals surface area contributed by atoms with E-state index in [2.05, 4.69) is 5.32 Å². The lowest BCUT2D eigenvalue weighted by Crippen LogP contribution is -2.55. The number of benzene rings is 3. The molecule has 0 aliphatic carbocycles. The number of ether oxygens (including phenoxy) is 1. The van der Waals surface area contributed by atoms with E-state index in [0.717, 1.165) is 22.3 Å². The average molecular weight is 641 g/mol. The van der Waals surface area contributed by atoms with Gasteiger partial charge in [-0.2, -0.15) is 0 Å². The first-order valence-electron chi connectivity index (χ1n) is 15.7. The van der Waals surface area contributed by atoms with E-state index in [-0.39, 0.29) is 12.8 Å². The van der Waals surface area contributed by atoms with Crippen LogP contribution in [0.2, 0.25) is 0 Å². The van der Waals surface area contributed by atoms with Crippen LogP contribution in [0.3, 0.4) is 0 Å². The number of primary amides is 1. The van der Waals surface area contributed by atoms with Gasteiger partial charge in [0.2, 0.25) is 17.7 Å². The van der Waals surface area contributed by atoms with E-state index in [4.69, 9.17) is 10.5 Å². The molecule has 0 aliphatic rings. The Bertz CT molecular complexity index is 1530. The molecule has 9 nitrogen and oxygen atoms in total. The summed E-state index contributed by atoms with van der Waals surface area (Å²) >= 11 is 0. The molecule has 3 rings (SSSR count). The molecule has 2 atom stereocenters. The smallest absolute Gasteiger partial charge is 0.408 e. The summed E-state index contributed by atoms with van der Waals surface area (Å²) in [6.07, 6.45) is 3.31. The van der Waals surface area contributed by atoms with Crippen LogP contribution in [0.4, 0.5) is 4.79 Å². The Morgan fingerprint density at radius 2 is 1.26 bits per heavy atom. The van der Waals surface area contributed by atoms with Gasteiger partial charge >= 0.3 is 6.09 Å². The summed E-state index contributed by atoms with van der Waals surface area (Å²) in [5.41, 5.74) is 8.27. The molecule has 47 heavy (non-hydrogen) atoms. The standard InChI is InChI=1S/C38H48N4O5/c1-37(2,3)47-36(46)40-38(4,5)24-14-19-33(43)41(6)32(26-28-20-22-30(23-21-28)29-17-12-9-13-18-29)35(45)42(7)31(34(39)44)25-27-15-10-8-11-16-27/h8-23,31-32H,24-26H2,1-7H3,(H2,39,44)(H,40,46)/b19-14+/t31-,32-/m1/s1. The van der Waals surface area contributed by atoms with Gasteiger partial charge in [0.05, 0.1) is 0 Å². The fraction of sp³-hybridized carbons (Fsp3) is 0.368. The molecule has 3 N–H and O–H groups in total. The number of hydrogen-bond acceptors (Lipinski definition) is 5. The van der Waals surface area contributed by atoms with E-state index >= 15 is 0 Å². The van der Waals surface area contributed by atoms with Crippen LogP contribution in [0.5, 0.6) is 0 Å². The third-order valence-corrected chi connectivity index (χ3v) is 7.73. The Kier molecular flexibility index (Phi) is 12.5. The highest BCUT2D eigenvalue weighted by Gasteiger charge is 2.34. The van der Waals surface area contributed by atoms with Crippen molar-refractivity contribution in [1.29, 1.82) is 0 Å². The maximum Gasteiger partial charge on any atom is 0.408 e. The molecule has 3 aromatic rings. The van der Waals surface area contributed by atoms with Crippen molar-refractivity contribution >= 4 is 23.8 Å². The Hall–Kier alpha value is -4.92. The van der Waals surface area contributed by atoms with Crippen molar-refractivity contribution in [2.75, 3.05) is 14.1 Å². The molecule has 0 heterocycles. The quantitative estimate of drug-likeness (QED) is 0.238. The zero-order chi connectivity index (χ0) is 34.8. The van der Waals surface area contributed by atoms with E-state index in [1.807, 2.05) is 98.8 Å². The summed E-state index contributed by atoms with van der Waals surface area (Å²) in [4.78, 5) is 55.2. The zero-order valence-electron chi connectivity index (χ0n) is 28.5. The number of carbonyl (C=O) groups excluding carboxylic acids is 4. The molecule has 0 saturated heterocycles. The zero-order valence-corrected chi connectivity index (χ0v) is 28.5. The predicted octanol–water partition coefficient (Wildman–Crippen LogP) is 5.53. The van der Waals surface area contributed by atoms with Crippen LogP contribution in [0.25, 0.3) is 11.1 Å². The van der Waals surface area contributed by atoms with Crippen LogP contribution >= 0.6 is 0 Å². The summed E-state index contributed by atoms with van der Waals surface area (Å²) < 4.78 is 5.36. The van der Waals surface area contributed by atoms with Crippen LogP contribution < -0.4 is 11.1 Å². The highest BCUT2D eigenvalue weighted by Crippen LogP contribution is 2.22. The number of nitrogens with zero attached hydrogens (tertiary/aromatic N) is 2. The van der Waals surface area contributed by atoms with Gasteiger partial charge in [-0.1, -0.05) is 91.0 Å². The van der Waals surface area contributed by atoms with Crippen molar-refractivity contribution in [3.8, 4) is 11.1 Å². The Balaban J connectivity index is 1.83. The van der Waals surface area contributed by atoms with Gasteiger partial charge in [-0.3, -0.25) is 14.4 Å². The minimum absolute atomic E-state index is 0.219. The number of alkyl carbamates (subject to hydrolysis) is 1. The normalized spacial score (nSPS) is 13.0. The van der Waals surface area contributed by atoms with Crippen molar-refractivity contribution < 1.29 is 23.9 Å². The van der Waals surface area contributed by atoms with E-state index in [1.54, 1.807) is 40.9 Å². The summed E-state index contributed by atoms with van der Waals surface area (Å²) in [6, 6.07) is 25.3. The van der Waals surface area contributed by atoms with Gasteiger partial charge in [0, 0.05) is 32.5 Å². The summed E-state index contributed by atoms with van der Waals surface area (Å²) in [7, 11) is 3.12. The topological polar surface area (TPSA) is 122 Å². The van der Waals surface area contributed by atoms with E-state index < -0.39 is 47.0 Å². The molecule has 0 unspecified atom stereocenters. The minimum atomic E-state index is -0.926. The highest BCUT2D eigenvalue weighted by atomic mass is 16.6. The lowest BCUT2D eigenvalue weighted by molar-refractivity contribution is -0.145. The molecular formula is C38H48N4O5. The number of nitrogens with two attached hydrogens (primary N) is 1. The second-order valence-corrected chi connectivity index (χ2v) is 13.4. The lowest BCUT2D eigenvalue weighted by Gasteiger charge is -2.33. The van der Waals surface area contributed by atoms with Crippen molar-refractivity contribution in [2.24, 2.45) is 5.73 Å². The fourth-order valence-electron chi connectivity index (χ4n) is 5.09. The summed E-state index contributed by atoms with van der Waals surface area (Å²) in [5.74, 6) is -1.44. The van der Waals surface area contributed by atoms with Crippen LogP contribution in [-0.2, 0) is 32.0 Å². The molecule has 0 fully saturated rings. The van der Waals surface area contributed by atoms with Gasteiger partial charge in [0.25, 0.3) is 0 Å². The van der Waals surface area contributed by atoms with E-state index in [9.17, 15) is 19.2 Å². The molecule has 9 heteroatoms. The molecule has 0 saturated carbocycles. The molecule has 0 spiro atoms. The number of likely N-dealkylation sites (N-methyl/N-ethyl adjacent to an activating group) is 2. The van der Waals surface area contributed by atoms with Crippen molar-refractivity contribution in [1.82, 2.24) is 15.1 Å². The van der Waals surface area contributed by atoms with Gasteiger partial charge in [-0.25, -0.2) is 4.79 Å². The van der Waals surface area contributed by atoms with Crippen molar-refractivity contribution in [2.45, 2.75) is 77.1 Å². The predicted molar refractivity (Wildman–Crippen MR) is 185 cm³/mol. The average Bonchev–Trinajstić information content (AvgIpc) is 3.01. The summed E-state index contributed by atoms with van der Waals surface area (Å²) in [5, 5.41) is 2.82. The van der Waals surface area contributed by atoms with Gasteiger partial charge in [0.15, 0.2) is 0 Å². The molecule has 0 radical (unpaired) electrons. The minimum Gasteiger partial charge on any atom is -0.444 e. The van der Waals surface area contributed by atoms with Crippen molar-refractivity contribution in [3.63, 3.8) is 0 Å². The van der Waals surface area contributed by atoms with E-state index in [1.165, 1.54) is 15.9 Å². The SMILES string of the molecule is CN(C(=O)/C=C/CC(C)(C)NC(=O)OC(C)(C)C)[C@H](Cc1ccc(-c2ccccc2)cc1)C(=O)N(C)[C@H](Cc1ccccc1)C(N)=O. The fourth-order valence-corrected chi connectivity index (χ4v) is 5.09. The molecule has 0 bridgehead atoms. The molecule has 0 aliphatic heterocycles. The Labute approximate surface area is 278 Å². The number of hydrogen-bond donors (Lipinski definition) is 2. The van der Waals surface area contributed by atoms with Gasteiger partial charge < -0.3 is 25.6 Å². The molecule has 3 aromatic carbocycles. The highest BCUT2D eigenvalue weighted by molar-refractivity contribution is 5.94. The maximum atomic E-state index is 14.1. The van der Waals surface area contributed by atoms with Gasteiger partial charge in [0.1, 0.15) is 17.7 Å². The maximum absolute atomic E-state index is 14.1. The Morgan fingerprint density at radius 1 is 0.745 bits per heavy atom. The molecule has 250 valence electrons. The molecular weight excluding hydrogens is 592 g/mol. The third-order valence-electron chi connectivity index (χ3n) is 7.73. The van der Waals surface area contributed by atoms with Crippen molar-refractivity contribution in [3.05, 3.63) is 108 Å². The molecule has 4 amide bonds. The Morgan fingerprint density at radius 3 is 1.81 bits per heavy atom. The molecule has 0 aromatic heterocycles. The van der Waals surface area contributed by atoms with Gasteiger partial charge in [-0.15, -0.1) is 0 Å². The number of amides is 4. The second kappa shape index (κ2) is 16.1. The number of rotatable bonds is 13. The monoisotopic (exact) mass is 640 g/mol. The number of carbonyl (C=O) groups is 4. The van der Waals surface area contributed by atoms with Crippen LogP contribution in [0.15, 0.2) is 97.1 Å². The first-order valence-corrected chi connectivity index (χ1v) is 15.7. The lowest BCUT2D eigenvalue weighted by atomic mass is 9.98. The number of nitrogens with one attached hydrogen (secondary N) is 1. The second-order valence-electron chi connectivity index (χ2n) is 13.4. The first kappa shape index (κ1) is 36.5. The third kappa shape index (κ3) is 11.4. The largest absolute Gasteiger partial charge is 0.444 e. The van der Waals surface area contributed by atoms with E-state index in [0.29, 0.717) is 6.42 Å². The summed E-state index contributed by atoms with van der Waals surface area (Å²) in [6.45, 7) is 9.01. The van der Waals surface area contributed by atoms with Crippen LogP contribution in [0.1, 0.15) is 52.2 Å². The van der Waals surface area contributed by atoms with Crippen LogP contribution in [0, 0.1) is 0 Å².